The first-order valence-corrected chi connectivity index (χ1v) is 6.39. The summed E-state index contributed by atoms with van der Waals surface area (Å²) in [5.41, 5.74) is 7.01. The molecule has 0 bridgehead atoms. The summed E-state index contributed by atoms with van der Waals surface area (Å²) in [4.78, 5) is 28.7. The van der Waals surface area contributed by atoms with Crippen molar-refractivity contribution < 1.29 is 14.7 Å². The Hall–Kier alpha value is -2.89. The number of nitrogen functional groups attached to an aromatic ring is 1. The lowest BCUT2D eigenvalue weighted by atomic mass is 10.2. The average Bonchev–Trinajstić information content (AvgIpc) is 2.49. The van der Waals surface area contributed by atoms with Crippen molar-refractivity contribution in [2.24, 2.45) is 0 Å². The van der Waals surface area contributed by atoms with Crippen molar-refractivity contribution in [2.45, 2.75) is 6.42 Å². The van der Waals surface area contributed by atoms with Crippen LogP contribution in [0.25, 0.3) is 0 Å². The maximum absolute atomic E-state index is 12.5. The van der Waals surface area contributed by atoms with Crippen LogP contribution in [0.2, 0.25) is 0 Å². The maximum Gasteiger partial charge on any atom is 0.305 e. The number of pyridine rings is 1. The number of anilines is 2. The molecule has 6 heteroatoms. The van der Waals surface area contributed by atoms with Gasteiger partial charge in [0.25, 0.3) is 5.91 Å². The third-order valence-electron chi connectivity index (χ3n) is 2.91. The zero-order chi connectivity index (χ0) is 15.2. The molecule has 6 nitrogen and oxygen atoms in total. The van der Waals surface area contributed by atoms with Crippen LogP contribution in [0.15, 0.2) is 48.7 Å². The van der Waals surface area contributed by atoms with E-state index in [4.69, 9.17) is 10.8 Å². The third kappa shape index (κ3) is 3.56. The second-order valence-electron chi connectivity index (χ2n) is 4.37. The highest BCUT2D eigenvalue weighted by Crippen LogP contribution is 2.24. The SMILES string of the molecule is Nc1ccccc1N(CCC(=O)O)C(=O)c1ccccn1. The molecule has 108 valence electrons. The van der Waals surface area contributed by atoms with Crippen molar-refractivity contribution in [3.8, 4) is 0 Å². The van der Waals surface area contributed by atoms with Gasteiger partial charge < -0.3 is 15.7 Å². The second-order valence-corrected chi connectivity index (χ2v) is 4.37. The van der Waals surface area contributed by atoms with Crippen molar-refractivity contribution in [3.63, 3.8) is 0 Å². The molecule has 0 unspecified atom stereocenters. The van der Waals surface area contributed by atoms with Gasteiger partial charge in [0.05, 0.1) is 17.8 Å². The molecule has 0 saturated heterocycles. The number of rotatable bonds is 5. The van der Waals surface area contributed by atoms with Gasteiger partial charge in [-0.05, 0) is 24.3 Å². The minimum Gasteiger partial charge on any atom is -0.481 e. The van der Waals surface area contributed by atoms with Crippen molar-refractivity contribution in [2.75, 3.05) is 17.2 Å². The van der Waals surface area contributed by atoms with Gasteiger partial charge in [-0.25, -0.2) is 0 Å². The molecule has 0 aliphatic rings. The van der Waals surface area contributed by atoms with Crippen LogP contribution in [0, 0.1) is 0 Å². The van der Waals surface area contributed by atoms with Crippen LogP contribution in [0.1, 0.15) is 16.9 Å². The fourth-order valence-electron chi connectivity index (χ4n) is 1.90. The van der Waals surface area contributed by atoms with Gasteiger partial charge in [-0.1, -0.05) is 18.2 Å². The van der Waals surface area contributed by atoms with E-state index in [1.54, 1.807) is 42.5 Å². The lowest BCUT2D eigenvalue weighted by Crippen LogP contribution is -2.34. The molecule has 1 aromatic heterocycles. The summed E-state index contributed by atoms with van der Waals surface area (Å²) in [6, 6.07) is 11.8. The highest BCUT2D eigenvalue weighted by molar-refractivity contribution is 6.06. The van der Waals surface area contributed by atoms with Crippen LogP contribution in [-0.2, 0) is 4.79 Å². The quantitative estimate of drug-likeness (QED) is 0.816. The number of para-hydroxylation sites is 2. The molecular weight excluding hydrogens is 270 g/mol. The van der Waals surface area contributed by atoms with Crippen LogP contribution in [0.3, 0.4) is 0 Å². The average molecular weight is 285 g/mol. The highest BCUT2D eigenvalue weighted by Gasteiger charge is 2.21. The Morgan fingerprint density at radius 3 is 2.48 bits per heavy atom. The summed E-state index contributed by atoms with van der Waals surface area (Å²) < 4.78 is 0. The Labute approximate surface area is 121 Å². The molecule has 0 aliphatic carbocycles. The first-order chi connectivity index (χ1) is 10.1. The van der Waals surface area contributed by atoms with Crippen molar-refractivity contribution >= 4 is 23.3 Å². The highest BCUT2D eigenvalue weighted by atomic mass is 16.4. The van der Waals surface area contributed by atoms with E-state index in [-0.39, 0.29) is 24.6 Å². The Bertz CT molecular complexity index is 644. The minimum absolute atomic E-state index is 0.0267. The van der Waals surface area contributed by atoms with E-state index in [9.17, 15) is 9.59 Å². The standard InChI is InChI=1S/C15H15N3O3/c16-11-5-1-2-7-13(11)18(10-8-14(19)20)15(21)12-6-3-4-9-17-12/h1-7,9H,8,10,16H2,(H,19,20). The predicted molar refractivity (Wildman–Crippen MR) is 79.0 cm³/mol. The van der Waals surface area contributed by atoms with Gasteiger partial charge in [-0.15, -0.1) is 0 Å². The molecule has 2 rings (SSSR count). The number of benzene rings is 1. The number of carboxylic acid groups (broad SMARTS) is 1. The number of aromatic nitrogens is 1. The molecule has 0 fully saturated rings. The smallest absolute Gasteiger partial charge is 0.305 e. The lowest BCUT2D eigenvalue weighted by Gasteiger charge is -2.23. The Morgan fingerprint density at radius 1 is 1.14 bits per heavy atom. The first-order valence-electron chi connectivity index (χ1n) is 6.39. The summed E-state index contributed by atoms with van der Waals surface area (Å²) in [7, 11) is 0. The van der Waals surface area contributed by atoms with Gasteiger partial charge in [0, 0.05) is 12.7 Å². The van der Waals surface area contributed by atoms with Gasteiger partial charge in [-0.2, -0.15) is 0 Å². The summed E-state index contributed by atoms with van der Waals surface area (Å²) in [5, 5.41) is 8.85. The fraction of sp³-hybridized carbons (Fsp3) is 0.133. The zero-order valence-electron chi connectivity index (χ0n) is 11.3. The van der Waals surface area contributed by atoms with E-state index in [0.29, 0.717) is 11.4 Å². The molecule has 0 atom stereocenters. The van der Waals surface area contributed by atoms with E-state index in [0.717, 1.165) is 0 Å². The van der Waals surface area contributed by atoms with Crippen LogP contribution in [0.5, 0.6) is 0 Å². The number of nitrogens with zero attached hydrogens (tertiary/aromatic N) is 2. The second kappa shape index (κ2) is 6.51. The van der Waals surface area contributed by atoms with Gasteiger partial charge in [0.2, 0.25) is 0 Å². The molecule has 1 heterocycles. The maximum atomic E-state index is 12.5. The monoisotopic (exact) mass is 285 g/mol. The number of nitrogens with two attached hydrogens (primary N) is 1. The molecule has 0 saturated carbocycles. The van der Waals surface area contributed by atoms with Gasteiger partial charge in [-0.3, -0.25) is 14.6 Å². The largest absolute Gasteiger partial charge is 0.481 e. The number of hydrogen-bond acceptors (Lipinski definition) is 4. The molecule has 1 aromatic carbocycles. The molecule has 3 N–H and O–H groups in total. The van der Waals surface area contributed by atoms with Gasteiger partial charge in [0.15, 0.2) is 0 Å². The number of hydrogen-bond donors (Lipinski definition) is 2. The van der Waals surface area contributed by atoms with Crippen molar-refractivity contribution in [1.29, 1.82) is 0 Å². The van der Waals surface area contributed by atoms with Crippen LogP contribution in [-0.4, -0.2) is 28.5 Å². The molecule has 1 amide bonds. The third-order valence-corrected chi connectivity index (χ3v) is 2.91. The van der Waals surface area contributed by atoms with Crippen molar-refractivity contribution in [3.05, 3.63) is 54.4 Å². The number of amides is 1. The molecular formula is C15H15N3O3. The van der Waals surface area contributed by atoms with Crippen molar-refractivity contribution in [1.82, 2.24) is 4.98 Å². The molecule has 0 radical (unpaired) electrons. The van der Waals surface area contributed by atoms with Crippen LogP contribution >= 0.6 is 0 Å². The molecule has 21 heavy (non-hydrogen) atoms. The first kappa shape index (κ1) is 14.5. The Morgan fingerprint density at radius 2 is 1.86 bits per heavy atom. The summed E-state index contributed by atoms with van der Waals surface area (Å²) >= 11 is 0. The summed E-state index contributed by atoms with van der Waals surface area (Å²) in [6.07, 6.45) is 1.34. The van der Waals surface area contributed by atoms with E-state index in [2.05, 4.69) is 4.98 Å². The van der Waals surface area contributed by atoms with Gasteiger partial charge >= 0.3 is 5.97 Å². The molecule has 2 aromatic rings. The zero-order valence-corrected chi connectivity index (χ0v) is 11.3. The molecule has 0 spiro atoms. The Kier molecular flexibility index (Phi) is 4.50. The molecule has 0 aliphatic heterocycles. The fourth-order valence-corrected chi connectivity index (χ4v) is 1.90. The Balaban J connectivity index is 2.34. The van der Waals surface area contributed by atoms with Gasteiger partial charge in [0.1, 0.15) is 5.69 Å². The van der Waals surface area contributed by atoms with E-state index < -0.39 is 5.97 Å². The van der Waals surface area contributed by atoms with Crippen LogP contribution < -0.4 is 10.6 Å². The number of aliphatic carboxylic acids is 1. The minimum atomic E-state index is -0.983. The number of carboxylic acids is 1. The normalized spacial score (nSPS) is 10.1. The van der Waals surface area contributed by atoms with E-state index >= 15 is 0 Å². The topological polar surface area (TPSA) is 96.5 Å². The summed E-state index contributed by atoms with van der Waals surface area (Å²) in [5.74, 6) is -1.36. The predicted octanol–water partition coefficient (Wildman–Crippen LogP) is 1.79. The van der Waals surface area contributed by atoms with Crippen LogP contribution in [0.4, 0.5) is 11.4 Å². The number of carbonyl (C=O) groups is 2. The van der Waals surface area contributed by atoms with E-state index in [1.165, 1.54) is 11.1 Å². The lowest BCUT2D eigenvalue weighted by molar-refractivity contribution is -0.136. The number of carbonyl (C=O) groups excluding carboxylic acids is 1. The van der Waals surface area contributed by atoms with E-state index in [1.807, 2.05) is 0 Å². The summed E-state index contributed by atoms with van der Waals surface area (Å²) in [6.45, 7) is 0.0267.